The van der Waals surface area contributed by atoms with Crippen LogP contribution in [-0.4, -0.2) is 71.7 Å². The van der Waals surface area contributed by atoms with E-state index in [0.717, 1.165) is 0 Å². The van der Waals surface area contributed by atoms with Crippen LogP contribution in [0.2, 0.25) is 0 Å². The van der Waals surface area contributed by atoms with Crippen molar-refractivity contribution in [3.05, 3.63) is 82.7 Å². The standard InChI is InChI=1S/C29H31FN2O7/c1-3-4-5-24(35)32(15-17-6-8-19(30)9-7-17)22-14-21(29(37)31-10-11-33)25-20-12-18(16-34)13-23(38-2)27(20)39-28(25)26(22)36/h4-9,12-14,16,22,25-26,28,33,36H,3,10-11,15H2,1-2H3,(H,31,37)/t22-,25+,26+,28+/m1/s1. The van der Waals surface area contributed by atoms with Gasteiger partial charge in [-0.15, -0.1) is 0 Å². The SMILES string of the molecule is CCC=CC(=O)N(Cc1ccc(F)cc1)[C@@H]1C=C(C(=O)NCCO)[C@@H]2c3cc(C=O)cc(OC)c3O[C@@H]2[C@H]1O. The van der Waals surface area contributed by atoms with Crippen LogP contribution in [0.4, 0.5) is 4.39 Å². The third kappa shape index (κ3) is 5.71. The van der Waals surface area contributed by atoms with Crippen molar-refractivity contribution < 1.29 is 38.5 Å². The Kier molecular flexibility index (Phi) is 8.78. The van der Waals surface area contributed by atoms with E-state index in [1.54, 1.807) is 24.3 Å². The summed E-state index contributed by atoms with van der Waals surface area (Å²) in [6, 6.07) is 7.75. The van der Waals surface area contributed by atoms with Crippen LogP contribution in [0.5, 0.6) is 11.5 Å². The van der Waals surface area contributed by atoms with Crippen LogP contribution in [0.25, 0.3) is 0 Å². The van der Waals surface area contributed by atoms with Crippen LogP contribution in [0.15, 0.2) is 60.2 Å². The summed E-state index contributed by atoms with van der Waals surface area (Å²) < 4.78 is 25.1. The van der Waals surface area contributed by atoms with Gasteiger partial charge in [0.1, 0.15) is 24.3 Å². The first-order valence-electron chi connectivity index (χ1n) is 12.7. The van der Waals surface area contributed by atoms with Crippen LogP contribution in [0.1, 0.15) is 40.7 Å². The molecule has 0 fully saturated rings. The highest BCUT2D eigenvalue weighted by atomic mass is 19.1. The van der Waals surface area contributed by atoms with Crippen molar-refractivity contribution in [3.63, 3.8) is 0 Å². The van der Waals surface area contributed by atoms with Crippen LogP contribution < -0.4 is 14.8 Å². The molecule has 3 N–H and O–H groups in total. The van der Waals surface area contributed by atoms with Gasteiger partial charge in [-0.25, -0.2) is 4.39 Å². The number of aliphatic hydroxyl groups is 2. The molecule has 2 amide bonds. The molecule has 0 aromatic heterocycles. The zero-order chi connectivity index (χ0) is 28.1. The second-order valence-corrected chi connectivity index (χ2v) is 9.31. The number of amides is 2. The van der Waals surface area contributed by atoms with Gasteiger partial charge in [-0.05, 0) is 48.4 Å². The molecule has 9 nitrogen and oxygen atoms in total. The maximum absolute atomic E-state index is 13.5. The average molecular weight is 539 g/mol. The second kappa shape index (κ2) is 12.2. The van der Waals surface area contributed by atoms with E-state index < -0.39 is 41.8 Å². The number of nitrogens with one attached hydrogen (secondary N) is 1. The number of carbonyl (C=O) groups excluding carboxylic acids is 3. The number of aliphatic hydroxyl groups excluding tert-OH is 2. The van der Waals surface area contributed by atoms with E-state index in [1.807, 2.05) is 6.92 Å². The van der Waals surface area contributed by atoms with Crippen molar-refractivity contribution in [2.75, 3.05) is 20.3 Å². The lowest BCUT2D eigenvalue weighted by Crippen LogP contribution is -2.55. The third-order valence-electron chi connectivity index (χ3n) is 6.82. The zero-order valence-corrected chi connectivity index (χ0v) is 21.7. The van der Waals surface area contributed by atoms with E-state index in [-0.39, 0.29) is 31.0 Å². The first-order valence-corrected chi connectivity index (χ1v) is 12.7. The molecule has 10 heteroatoms. The molecular weight excluding hydrogens is 507 g/mol. The number of ether oxygens (including phenoxy) is 2. The van der Waals surface area contributed by atoms with Gasteiger partial charge in [0.2, 0.25) is 11.8 Å². The highest BCUT2D eigenvalue weighted by molar-refractivity contribution is 5.97. The molecule has 0 saturated heterocycles. The Bertz CT molecular complexity index is 1290. The van der Waals surface area contributed by atoms with Crippen LogP contribution in [0.3, 0.4) is 0 Å². The number of benzene rings is 2. The van der Waals surface area contributed by atoms with Gasteiger partial charge in [-0.1, -0.05) is 25.1 Å². The van der Waals surface area contributed by atoms with Crippen molar-refractivity contribution in [2.24, 2.45) is 0 Å². The van der Waals surface area contributed by atoms with E-state index >= 15 is 0 Å². The fourth-order valence-electron chi connectivity index (χ4n) is 4.99. The predicted octanol–water partition coefficient (Wildman–Crippen LogP) is 2.26. The van der Waals surface area contributed by atoms with Crippen LogP contribution >= 0.6 is 0 Å². The van der Waals surface area contributed by atoms with E-state index in [2.05, 4.69) is 5.32 Å². The number of fused-ring (bicyclic) bond motifs is 3. The topological polar surface area (TPSA) is 125 Å². The molecular formula is C29H31FN2O7. The van der Waals surface area contributed by atoms with E-state index in [9.17, 15) is 29.0 Å². The smallest absolute Gasteiger partial charge is 0.247 e. The minimum atomic E-state index is -1.28. The molecule has 1 heterocycles. The number of methoxy groups -OCH3 is 1. The average Bonchev–Trinajstić information content (AvgIpc) is 3.34. The van der Waals surface area contributed by atoms with Gasteiger partial charge in [0, 0.05) is 29.8 Å². The molecule has 2 aromatic carbocycles. The van der Waals surface area contributed by atoms with Crippen LogP contribution in [-0.2, 0) is 16.1 Å². The molecule has 0 unspecified atom stereocenters. The summed E-state index contributed by atoms with van der Waals surface area (Å²) in [5.41, 5.74) is 1.63. The number of rotatable bonds is 10. The summed E-state index contributed by atoms with van der Waals surface area (Å²) in [6.45, 7) is 1.61. The van der Waals surface area contributed by atoms with E-state index in [1.165, 1.54) is 42.4 Å². The second-order valence-electron chi connectivity index (χ2n) is 9.31. The van der Waals surface area contributed by atoms with Crippen molar-refractivity contribution in [1.82, 2.24) is 10.2 Å². The Morgan fingerprint density at radius 1 is 1.23 bits per heavy atom. The molecule has 0 radical (unpaired) electrons. The van der Waals surface area contributed by atoms with Gasteiger partial charge in [-0.3, -0.25) is 14.4 Å². The Labute approximate surface area is 225 Å². The Hall–Kier alpha value is -4.02. The third-order valence-corrected chi connectivity index (χ3v) is 6.82. The molecule has 0 spiro atoms. The molecule has 206 valence electrons. The Morgan fingerprint density at radius 3 is 2.62 bits per heavy atom. The van der Waals surface area contributed by atoms with Crippen molar-refractivity contribution in [2.45, 2.75) is 44.1 Å². The first-order chi connectivity index (χ1) is 18.8. The molecule has 4 atom stereocenters. The van der Waals surface area contributed by atoms with Gasteiger partial charge in [0.05, 0.1) is 25.7 Å². The summed E-state index contributed by atoms with van der Waals surface area (Å²) in [5.74, 6) is -1.55. The number of aldehydes is 1. The summed E-state index contributed by atoms with van der Waals surface area (Å²) in [4.78, 5) is 39.7. The lowest BCUT2D eigenvalue weighted by molar-refractivity contribution is -0.133. The number of halogens is 1. The van der Waals surface area contributed by atoms with Gasteiger partial charge >= 0.3 is 0 Å². The molecule has 0 saturated carbocycles. The van der Waals surface area contributed by atoms with Gasteiger partial charge in [0.25, 0.3) is 0 Å². The highest BCUT2D eigenvalue weighted by Crippen LogP contribution is 2.51. The minimum Gasteiger partial charge on any atom is -0.493 e. The molecule has 1 aliphatic carbocycles. The van der Waals surface area contributed by atoms with E-state index in [4.69, 9.17) is 9.47 Å². The normalized spacial score (nSPS) is 21.4. The molecule has 39 heavy (non-hydrogen) atoms. The molecule has 4 rings (SSSR count). The maximum Gasteiger partial charge on any atom is 0.247 e. The maximum atomic E-state index is 13.5. The number of allylic oxidation sites excluding steroid dienone is 1. The van der Waals surface area contributed by atoms with Gasteiger partial charge < -0.3 is 29.9 Å². The number of hydrogen-bond donors (Lipinski definition) is 3. The van der Waals surface area contributed by atoms with Gasteiger partial charge in [-0.2, -0.15) is 0 Å². The molecule has 2 aromatic rings. The molecule has 0 bridgehead atoms. The molecule has 2 aliphatic rings. The van der Waals surface area contributed by atoms with Gasteiger partial charge in [0.15, 0.2) is 11.5 Å². The number of nitrogens with zero attached hydrogens (tertiary/aromatic N) is 1. The summed E-state index contributed by atoms with van der Waals surface area (Å²) in [7, 11) is 1.42. The quantitative estimate of drug-likeness (QED) is 0.313. The lowest BCUT2D eigenvalue weighted by atomic mass is 9.77. The van der Waals surface area contributed by atoms with Crippen LogP contribution in [0, 0.1) is 5.82 Å². The van der Waals surface area contributed by atoms with Crippen molar-refractivity contribution in [3.8, 4) is 11.5 Å². The first kappa shape index (κ1) is 28.0. The lowest BCUT2D eigenvalue weighted by Gasteiger charge is -2.40. The Balaban J connectivity index is 1.82. The summed E-state index contributed by atoms with van der Waals surface area (Å²) in [6.07, 6.45) is 3.60. The number of hydrogen-bond acceptors (Lipinski definition) is 7. The fraction of sp³-hybridized carbons (Fsp3) is 0.345. The van der Waals surface area contributed by atoms with E-state index in [0.29, 0.717) is 35.1 Å². The Morgan fingerprint density at radius 2 is 1.97 bits per heavy atom. The monoisotopic (exact) mass is 538 g/mol. The molecule has 1 aliphatic heterocycles. The summed E-state index contributed by atoms with van der Waals surface area (Å²) in [5, 5.41) is 23.5. The minimum absolute atomic E-state index is 0.0103. The van der Waals surface area contributed by atoms with Crippen molar-refractivity contribution in [1.29, 1.82) is 0 Å². The number of carbonyl (C=O) groups is 3. The summed E-state index contributed by atoms with van der Waals surface area (Å²) >= 11 is 0. The fourth-order valence-corrected chi connectivity index (χ4v) is 4.99. The predicted molar refractivity (Wildman–Crippen MR) is 140 cm³/mol. The highest BCUT2D eigenvalue weighted by Gasteiger charge is 2.51. The largest absolute Gasteiger partial charge is 0.493 e. The zero-order valence-electron chi connectivity index (χ0n) is 21.7. The van der Waals surface area contributed by atoms with Crippen molar-refractivity contribution >= 4 is 18.1 Å².